The lowest BCUT2D eigenvalue weighted by Crippen LogP contribution is -2.57. The van der Waals surface area contributed by atoms with Crippen LogP contribution < -0.4 is 21.7 Å². The Morgan fingerprint density at radius 1 is 0.828 bits per heavy atom. The molecule has 0 bridgehead atoms. The van der Waals surface area contributed by atoms with Gasteiger partial charge in [-0.1, -0.05) is 0 Å². The van der Waals surface area contributed by atoms with E-state index in [4.69, 9.17) is 21.1 Å². The summed E-state index contributed by atoms with van der Waals surface area (Å²) < 4.78 is 0. The third-order valence-corrected chi connectivity index (χ3v) is 3.57. The van der Waals surface area contributed by atoms with Gasteiger partial charge in [-0.3, -0.25) is 24.0 Å². The van der Waals surface area contributed by atoms with Crippen molar-refractivity contribution >= 4 is 35.6 Å². The van der Waals surface area contributed by atoms with Gasteiger partial charge in [0.15, 0.2) is 0 Å². The van der Waals surface area contributed by atoms with E-state index in [0.717, 1.165) is 0 Å². The highest BCUT2D eigenvalue weighted by atomic mass is 16.4. The van der Waals surface area contributed by atoms with E-state index in [1.54, 1.807) is 0 Å². The molecule has 0 radical (unpaired) electrons. The maximum absolute atomic E-state index is 12.1. The molecular formula is C15H24N4O10. The number of carbonyl (C=O) groups is 6. The topological polar surface area (TPSA) is 245 Å². The first kappa shape index (κ1) is 25.7. The zero-order valence-electron chi connectivity index (χ0n) is 15.5. The molecule has 0 fully saturated rings. The number of amides is 3. The Kier molecular flexibility index (Phi) is 10.9. The summed E-state index contributed by atoms with van der Waals surface area (Å²) >= 11 is 0. The first-order chi connectivity index (χ1) is 13.4. The number of hydrogen-bond acceptors (Lipinski definition) is 8. The molecule has 0 saturated heterocycles. The van der Waals surface area contributed by atoms with Gasteiger partial charge in [0.2, 0.25) is 17.7 Å². The van der Waals surface area contributed by atoms with E-state index in [2.05, 4.69) is 10.6 Å². The largest absolute Gasteiger partial charge is 0.481 e. The van der Waals surface area contributed by atoms with Crippen LogP contribution in [-0.2, 0) is 28.8 Å². The first-order valence-electron chi connectivity index (χ1n) is 8.33. The molecule has 14 heteroatoms. The van der Waals surface area contributed by atoms with E-state index in [1.165, 1.54) is 6.92 Å². The summed E-state index contributed by atoms with van der Waals surface area (Å²) in [5, 5.41) is 41.5. The number of carbonyl (C=O) groups excluding carboxylic acids is 3. The van der Waals surface area contributed by atoms with Gasteiger partial charge in [0.05, 0.1) is 19.1 Å². The van der Waals surface area contributed by atoms with Crippen LogP contribution in [-0.4, -0.2) is 86.8 Å². The molecule has 4 atom stereocenters. The minimum atomic E-state index is -1.72. The third-order valence-electron chi connectivity index (χ3n) is 3.57. The van der Waals surface area contributed by atoms with Gasteiger partial charge in [0, 0.05) is 6.42 Å². The van der Waals surface area contributed by atoms with E-state index in [0.29, 0.717) is 0 Å². The first-order valence-corrected chi connectivity index (χ1v) is 8.33. The number of carboxylic acids is 3. The summed E-state index contributed by atoms with van der Waals surface area (Å²) in [5.74, 6) is -7.13. The number of rotatable bonds is 13. The highest BCUT2D eigenvalue weighted by Gasteiger charge is 2.29. The van der Waals surface area contributed by atoms with E-state index < -0.39 is 72.8 Å². The number of nitrogens with one attached hydrogen (secondary N) is 3. The molecule has 0 aliphatic rings. The third kappa shape index (κ3) is 10.0. The second-order valence-corrected chi connectivity index (χ2v) is 6.01. The van der Waals surface area contributed by atoms with E-state index >= 15 is 0 Å². The average Bonchev–Trinajstić information content (AvgIpc) is 2.62. The summed E-state index contributed by atoms with van der Waals surface area (Å²) in [6, 6.07) is -5.81. The molecule has 29 heavy (non-hydrogen) atoms. The minimum absolute atomic E-state index is 0.208. The van der Waals surface area contributed by atoms with E-state index in [9.17, 15) is 33.9 Å². The van der Waals surface area contributed by atoms with E-state index in [-0.39, 0.29) is 12.8 Å². The lowest BCUT2D eigenvalue weighted by Gasteiger charge is -2.22. The lowest BCUT2D eigenvalue weighted by molar-refractivity contribution is -0.147. The molecule has 0 heterocycles. The number of nitrogens with two attached hydrogens (primary N) is 1. The molecule has 0 aliphatic carbocycles. The van der Waals surface area contributed by atoms with Crippen molar-refractivity contribution in [2.45, 2.75) is 50.4 Å². The monoisotopic (exact) mass is 420 g/mol. The fraction of sp³-hybridized carbons (Fsp3) is 0.600. The van der Waals surface area contributed by atoms with Crippen molar-refractivity contribution in [3.05, 3.63) is 0 Å². The van der Waals surface area contributed by atoms with Gasteiger partial charge in [0.25, 0.3) is 0 Å². The predicted molar refractivity (Wildman–Crippen MR) is 93.3 cm³/mol. The van der Waals surface area contributed by atoms with Crippen molar-refractivity contribution in [2.24, 2.45) is 5.73 Å². The maximum Gasteiger partial charge on any atom is 0.326 e. The van der Waals surface area contributed by atoms with Crippen molar-refractivity contribution in [3.8, 4) is 0 Å². The fourth-order valence-electron chi connectivity index (χ4n) is 1.93. The zero-order chi connectivity index (χ0) is 22.7. The van der Waals surface area contributed by atoms with Gasteiger partial charge in [-0.25, -0.2) is 4.79 Å². The van der Waals surface area contributed by atoms with Crippen molar-refractivity contribution in [3.63, 3.8) is 0 Å². The van der Waals surface area contributed by atoms with Gasteiger partial charge >= 0.3 is 17.9 Å². The molecule has 9 N–H and O–H groups in total. The summed E-state index contributed by atoms with van der Waals surface area (Å²) in [6.07, 6.45) is -1.48. The van der Waals surface area contributed by atoms with E-state index in [1.807, 2.05) is 5.32 Å². The Labute approximate surface area is 164 Å². The molecule has 0 rings (SSSR count). The van der Waals surface area contributed by atoms with Crippen molar-refractivity contribution in [1.82, 2.24) is 16.0 Å². The molecule has 0 aliphatic heterocycles. The van der Waals surface area contributed by atoms with Crippen LogP contribution in [0.2, 0.25) is 0 Å². The summed E-state index contributed by atoms with van der Waals surface area (Å²) in [5.41, 5.74) is 5.48. The molecule has 0 aromatic carbocycles. The number of carboxylic acid groups (broad SMARTS) is 3. The van der Waals surface area contributed by atoms with Gasteiger partial charge in [0.1, 0.15) is 18.1 Å². The van der Waals surface area contributed by atoms with Crippen LogP contribution in [0.4, 0.5) is 0 Å². The standard InChI is InChI=1S/C15H24N4O10/c1-6(12(25)18-8(15(28)29)4-11(23)24)17-14(27)9(5-20)19-13(26)7(16)2-3-10(21)22/h6-9,20H,2-5,16H2,1H3,(H,17,27)(H,18,25)(H,19,26)(H,21,22)(H,23,24)(H,28,29). The summed E-state index contributed by atoms with van der Waals surface area (Å²) in [6.45, 7) is 0.302. The number of aliphatic hydroxyl groups is 1. The van der Waals surface area contributed by atoms with Gasteiger partial charge in [-0.2, -0.15) is 0 Å². The Balaban J connectivity index is 4.80. The van der Waals surface area contributed by atoms with Crippen LogP contribution in [0.25, 0.3) is 0 Å². The second kappa shape index (κ2) is 12.2. The smallest absolute Gasteiger partial charge is 0.326 e. The Morgan fingerprint density at radius 3 is 1.83 bits per heavy atom. The summed E-state index contributed by atoms with van der Waals surface area (Å²) in [4.78, 5) is 68.0. The maximum atomic E-state index is 12.1. The summed E-state index contributed by atoms with van der Waals surface area (Å²) in [7, 11) is 0. The molecule has 0 aromatic rings. The highest BCUT2D eigenvalue weighted by molar-refractivity contribution is 5.94. The highest BCUT2D eigenvalue weighted by Crippen LogP contribution is 1.98. The van der Waals surface area contributed by atoms with Crippen molar-refractivity contribution in [2.75, 3.05) is 6.61 Å². The molecule has 4 unspecified atom stereocenters. The van der Waals surface area contributed by atoms with Gasteiger partial charge in [-0.05, 0) is 13.3 Å². The van der Waals surface area contributed by atoms with Crippen molar-refractivity contribution < 1.29 is 49.2 Å². The SMILES string of the molecule is CC(NC(=O)C(CO)NC(=O)C(N)CCC(=O)O)C(=O)NC(CC(=O)O)C(=O)O. The van der Waals surface area contributed by atoms with Gasteiger partial charge < -0.3 is 42.1 Å². The van der Waals surface area contributed by atoms with Gasteiger partial charge in [-0.15, -0.1) is 0 Å². The normalized spacial score (nSPS) is 14.6. The number of aliphatic hydroxyl groups excluding tert-OH is 1. The molecule has 164 valence electrons. The fourth-order valence-corrected chi connectivity index (χ4v) is 1.93. The van der Waals surface area contributed by atoms with Crippen LogP contribution in [0.3, 0.4) is 0 Å². The van der Waals surface area contributed by atoms with Crippen LogP contribution in [0.1, 0.15) is 26.2 Å². The number of hydrogen-bond donors (Lipinski definition) is 8. The second-order valence-electron chi connectivity index (χ2n) is 6.01. The zero-order valence-corrected chi connectivity index (χ0v) is 15.5. The molecule has 0 spiro atoms. The lowest BCUT2D eigenvalue weighted by atomic mass is 10.1. The van der Waals surface area contributed by atoms with Crippen LogP contribution in [0.5, 0.6) is 0 Å². The number of aliphatic carboxylic acids is 3. The predicted octanol–water partition coefficient (Wildman–Crippen LogP) is -3.80. The Morgan fingerprint density at radius 2 is 1.38 bits per heavy atom. The molecule has 0 aromatic heterocycles. The Hall–Kier alpha value is -3.26. The molecule has 14 nitrogen and oxygen atoms in total. The van der Waals surface area contributed by atoms with Crippen LogP contribution in [0, 0.1) is 0 Å². The van der Waals surface area contributed by atoms with Crippen molar-refractivity contribution in [1.29, 1.82) is 0 Å². The quantitative estimate of drug-likeness (QED) is 0.143. The Bertz CT molecular complexity index is 653. The van der Waals surface area contributed by atoms with Crippen LogP contribution >= 0.6 is 0 Å². The average molecular weight is 420 g/mol. The van der Waals surface area contributed by atoms with Crippen LogP contribution in [0.15, 0.2) is 0 Å². The molecule has 0 saturated carbocycles. The minimum Gasteiger partial charge on any atom is -0.481 e. The molecule has 3 amide bonds. The molecular weight excluding hydrogens is 396 g/mol.